The average Bonchev–Trinajstić information content (AvgIpc) is 2.28. The molecule has 108 valence electrons. The van der Waals surface area contributed by atoms with E-state index in [0.29, 0.717) is 6.04 Å². The summed E-state index contributed by atoms with van der Waals surface area (Å²) in [5.74, 6) is 0. The number of rotatable bonds is 7. The van der Waals surface area contributed by atoms with Crippen LogP contribution in [-0.2, 0) is 6.42 Å². The number of halogens is 1. The SMILES string of the molecule is CC(Cc1ccc(Cl)cc1)NCC(C)(C)CN(C)C. The van der Waals surface area contributed by atoms with Crippen molar-refractivity contribution < 1.29 is 0 Å². The molecule has 2 nitrogen and oxygen atoms in total. The van der Waals surface area contributed by atoms with Crippen LogP contribution in [0.15, 0.2) is 24.3 Å². The molecule has 1 unspecified atom stereocenters. The highest BCUT2D eigenvalue weighted by molar-refractivity contribution is 6.30. The second-order valence-electron chi connectivity index (χ2n) is 6.51. The van der Waals surface area contributed by atoms with Crippen LogP contribution in [0.2, 0.25) is 5.02 Å². The highest BCUT2D eigenvalue weighted by Gasteiger charge is 2.19. The van der Waals surface area contributed by atoms with Crippen molar-refractivity contribution in [1.29, 1.82) is 0 Å². The summed E-state index contributed by atoms with van der Waals surface area (Å²) in [6, 6.07) is 8.60. The van der Waals surface area contributed by atoms with Crippen molar-refractivity contribution in [3.05, 3.63) is 34.9 Å². The molecule has 0 aromatic heterocycles. The molecule has 0 fully saturated rings. The summed E-state index contributed by atoms with van der Waals surface area (Å²) in [7, 11) is 4.25. The van der Waals surface area contributed by atoms with Gasteiger partial charge < -0.3 is 10.2 Å². The van der Waals surface area contributed by atoms with Crippen LogP contribution in [-0.4, -0.2) is 38.1 Å². The van der Waals surface area contributed by atoms with E-state index in [4.69, 9.17) is 11.6 Å². The van der Waals surface area contributed by atoms with Crippen molar-refractivity contribution >= 4 is 11.6 Å². The van der Waals surface area contributed by atoms with Crippen molar-refractivity contribution in [3.63, 3.8) is 0 Å². The predicted molar refractivity (Wildman–Crippen MR) is 85.0 cm³/mol. The minimum absolute atomic E-state index is 0.289. The van der Waals surface area contributed by atoms with Crippen LogP contribution < -0.4 is 5.32 Å². The molecule has 0 saturated carbocycles. The van der Waals surface area contributed by atoms with Gasteiger partial charge in [-0.05, 0) is 50.6 Å². The summed E-state index contributed by atoms with van der Waals surface area (Å²) in [5.41, 5.74) is 1.62. The van der Waals surface area contributed by atoms with Gasteiger partial charge in [-0.2, -0.15) is 0 Å². The molecule has 0 heterocycles. The molecule has 0 aliphatic heterocycles. The van der Waals surface area contributed by atoms with Gasteiger partial charge in [0.2, 0.25) is 0 Å². The molecule has 1 atom stereocenters. The number of benzene rings is 1. The summed E-state index contributed by atoms with van der Waals surface area (Å²) in [6.45, 7) is 8.96. The van der Waals surface area contributed by atoms with Crippen molar-refractivity contribution in [2.24, 2.45) is 5.41 Å². The summed E-state index contributed by atoms with van der Waals surface area (Å²) < 4.78 is 0. The topological polar surface area (TPSA) is 15.3 Å². The van der Waals surface area contributed by atoms with E-state index in [2.05, 4.69) is 57.2 Å². The molecular formula is C16H27ClN2. The van der Waals surface area contributed by atoms with Gasteiger partial charge in [-0.15, -0.1) is 0 Å². The largest absolute Gasteiger partial charge is 0.313 e. The van der Waals surface area contributed by atoms with Crippen LogP contribution in [0.25, 0.3) is 0 Å². The fourth-order valence-electron chi connectivity index (χ4n) is 2.41. The van der Waals surface area contributed by atoms with E-state index < -0.39 is 0 Å². The van der Waals surface area contributed by atoms with Gasteiger partial charge >= 0.3 is 0 Å². The Morgan fingerprint density at radius 1 is 1.21 bits per heavy atom. The molecule has 3 heteroatoms. The predicted octanol–water partition coefficient (Wildman–Crippen LogP) is 3.45. The number of nitrogens with zero attached hydrogens (tertiary/aromatic N) is 1. The molecule has 0 saturated heterocycles. The van der Waals surface area contributed by atoms with Crippen molar-refractivity contribution in [2.45, 2.75) is 33.2 Å². The molecule has 0 bridgehead atoms. The normalized spacial score (nSPS) is 13.8. The maximum Gasteiger partial charge on any atom is 0.0406 e. The Bertz CT molecular complexity index is 371. The smallest absolute Gasteiger partial charge is 0.0406 e. The van der Waals surface area contributed by atoms with Gasteiger partial charge in [0, 0.05) is 24.2 Å². The fourth-order valence-corrected chi connectivity index (χ4v) is 2.53. The highest BCUT2D eigenvalue weighted by Crippen LogP contribution is 2.15. The van der Waals surface area contributed by atoms with Crippen LogP contribution in [0.5, 0.6) is 0 Å². The second kappa shape index (κ2) is 7.28. The van der Waals surface area contributed by atoms with Crippen molar-refractivity contribution in [3.8, 4) is 0 Å². The molecule has 0 radical (unpaired) electrons. The maximum atomic E-state index is 5.90. The molecule has 0 spiro atoms. The lowest BCUT2D eigenvalue weighted by Gasteiger charge is -2.30. The molecule has 1 N–H and O–H groups in total. The standard InChI is InChI=1S/C16H27ClN2/c1-13(10-14-6-8-15(17)9-7-14)18-11-16(2,3)12-19(4)5/h6-9,13,18H,10-12H2,1-5H3. The first-order valence-electron chi connectivity index (χ1n) is 6.91. The highest BCUT2D eigenvalue weighted by atomic mass is 35.5. The first-order chi connectivity index (χ1) is 8.78. The Hall–Kier alpha value is -0.570. The van der Waals surface area contributed by atoms with Gasteiger partial charge in [0.05, 0.1) is 0 Å². The Kier molecular flexibility index (Phi) is 6.31. The number of hydrogen-bond acceptors (Lipinski definition) is 2. The zero-order chi connectivity index (χ0) is 14.5. The average molecular weight is 283 g/mol. The van der Waals surface area contributed by atoms with Crippen molar-refractivity contribution in [2.75, 3.05) is 27.2 Å². The molecule has 0 aliphatic rings. The lowest BCUT2D eigenvalue weighted by atomic mass is 9.92. The van der Waals surface area contributed by atoms with Crippen LogP contribution in [0.3, 0.4) is 0 Å². The van der Waals surface area contributed by atoms with E-state index in [0.717, 1.165) is 24.5 Å². The Balaban J connectivity index is 2.39. The number of hydrogen-bond donors (Lipinski definition) is 1. The molecular weight excluding hydrogens is 256 g/mol. The third-order valence-electron chi connectivity index (χ3n) is 3.13. The minimum Gasteiger partial charge on any atom is -0.313 e. The second-order valence-corrected chi connectivity index (χ2v) is 6.95. The van der Waals surface area contributed by atoms with E-state index in [-0.39, 0.29) is 5.41 Å². The fraction of sp³-hybridized carbons (Fsp3) is 0.625. The Labute approximate surface area is 123 Å². The molecule has 0 aliphatic carbocycles. The maximum absolute atomic E-state index is 5.90. The third kappa shape index (κ3) is 6.95. The van der Waals surface area contributed by atoms with Crippen LogP contribution in [0.4, 0.5) is 0 Å². The van der Waals surface area contributed by atoms with Crippen LogP contribution in [0, 0.1) is 5.41 Å². The summed E-state index contributed by atoms with van der Waals surface area (Å²) in [6.07, 6.45) is 1.04. The molecule has 1 aromatic carbocycles. The quantitative estimate of drug-likeness (QED) is 0.824. The lowest BCUT2D eigenvalue weighted by Crippen LogP contribution is -2.41. The molecule has 1 aromatic rings. The van der Waals surface area contributed by atoms with Gasteiger partial charge in [-0.25, -0.2) is 0 Å². The Morgan fingerprint density at radius 3 is 2.32 bits per heavy atom. The van der Waals surface area contributed by atoms with E-state index in [9.17, 15) is 0 Å². The molecule has 1 rings (SSSR count). The van der Waals surface area contributed by atoms with Crippen LogP contribution in [0.1, 0.15) is 26.3 Å². The van der Waals surface area contributed by atoms with Gasteiger partial charge in [-0.1, -0.05) is 37.6 Å². The van der Waals surface area contributed by atoms with E-state index in [1.807, 2.05) is 12.1 Å². The van der Waals surface area contributed by atoms with Gasteiger partial charge in [0.25, 0.3) is 0 Å². The Morgan fingerprint density at radius 2 is 1.79 bits per heavy atom. The van der Waals surface area contributed by atoms with Crippen LogP contribution >= 0.6 is 11.6 Å². The van der Waals surface area contributed by atoms with E-state index in [1.54, 1.807) is 0 Å². The van der Waals surface area contributed by atoms with E-state index >= 15 is 0 Å². The monoisotopic (exact) mass is 282 g/mol. The number of nitrogens with one attached hydrogen (secondary N) is 1. The first-order valence-corrected chi connectivity index (χ1v) is 7.29. The third-order valence-corrected chi connectivity index (χ3v) is 3.38. The van der Waals surface area contributed by atoms with Gasteiger partial charge in [0.15, 0.2) is 0 Å². The lowest BCUT2D eigenvalue weighted by molar-refractivity contribution is 0.226. The van der Waals surface area contributed by atoms with E-state index in [1.165, 1.54) is 5.56 Å². The van der Waals surface area contributed by atoms with Gasteiger partial charge in [-0.3, -0.25) is 0 Å². The minimum atomic E-state index is 0.289. The molecule has 0 amide bonds. The van der Waals surface area contributed by atoms with Crippen molar-refractivity contribution in [1.82, 2.24) is 10.2 Å². The summed E-state index contributed by atoms with van der Waals surface area (Å²) in [5, 5.41) is 4.43. The first kappa shape index (κ1) is 16.5. The summed E-state index contributed by atoms with van der Waals surface area (Å²) in [4.78, 5) is 2.24. The zero-order valence-electron chi connectivity index (χ0n) is 12.8. The van der Waals surface area contributed by atoms with Gasteiger partial charge in [0.1, 0.15) is 0 Å². The molecule has 19 heavy (non-hydrogen) atoms. The zero-order valence-corrected chi connectivity index (χ0v) is 13.6. The summed E-state index contributed by atoms with van der Waals surface area (Å²) >= 11 is 5.90.